The number of piperazine rings is 1. The molecule has 2 N–H and O–H groups in total. The Kier molecular flexibility index (Phi) is 8.33. The van der Waals surface area contributed by atoms with Crippen LogP contribution in [-0.4, -0.2) is 75.2 Å². The van der Waals surface area contributed by atoms with E-state index in [0.717, 1.165) is 50.1 Å². The van der Waals surface area contributed by atoms with E-state index in [2.05, 4.69) is 39.0 Å². The van der Waals surface area contributed by atoms with Gasteiger partial charge in [-0.1, -0.05) is 57.1 Å². The zero-order chi connectivity index (χ0) is 25.9. The Morgan fingerprint density at radius 3 is 2.08 bits per heavy atom. The van der Waals surface area contributed by atoms with Gasteiger partial charge in [0, 0.05) is 44.3 Å². The van der Waals surface area contributed by atoms with Crippen LogP contribution >= 0.6 is 0 Å². The Morgan fingerprint density at radius 2 is 1.45 bits per heavy atom. The molecular weight excluding hydrogens is 474 g/mol. The minimum Gasteiger partial charge on any atom is -0.480 e. The topological polar surface area (TPSA) is 73.6 Å². The molecule has 4 heterocycles. The van der Waals surface area contributed by atoms with Gasteiger partial charge in [0.25, 0.3) is 0 Å². The van der Waals surface area contributed by atoms with Crippen molar-refractivity contribution in [1.29, 1.82) is 0 Å². The molecule has 3 aliphatic heterocycles. The first-order valence-electron chi connectivity index (χ1n) is 15.5. The number of hydrogen-bond acceptors (Lipinski definition) is 5. The zero-order valence-electron chi connectivity index (χ0n) is 23.1. The molecule has 2 aromatic rings. The Labute approximate surface area is 228 Å². The van der Waals surface area contributed by atoms with Gasteiger partial charge in [-0.2, -0.15) is 0 Å². The molecule has 0 spiro atoms. The normalized spacial score (nSPS) is 31.9. The van der Waals surface area contributed by atoms with E-state index in [9.17, 15) is 4.79 Å². The summed E-state index contributed by atoms with van der Waals surface area (Å²) in [5.41, 5.74) is 2.35. The average Bonchev–Trinajstić information content (AvgIpc) is 3.27. The lowest BCUT2D eigenvalue weighted by molar-refractivity contribution is -0.138. The van der Waals surface area contributed by atoms with Crippen LogP contribution in [0.15, 0.2) is 24.3 Å². The second-order valence-electron chi connectivity index (χ2n) is 12.8. The molecule has 0 radical (unpaired) electrons. The highest BCUT2D eigenvalue weighted by Crippen LogP contribution is 2.39. The molecule has 2 atom stereocenters. The molecule has 5 aliphatic rings. The highest BCUT2D eigenvalue weighted by atomic mass is 16.4. The number of carbonyl (C=O) groups is 1. The highest BCUT2D eigenvalue weighted by Gasteiger charge is 2.34. The number of para-hydroxylation sites is 2. The summed E-state index contributed by atoms with van der Waals surface area (Å²) in [6, 6.07) is 10.3. The van der Waals surface area contributed by atoms with Crippen molar-refractivity contribution < 1.29 is 9.90 Å². The summed E-state index contributed by atoms with van der Waals surface area (Å²) in [5, 5.41) is 12.8. The van der Waals surface area contributed by atoms with Crippen molar-refractivity contribution in [2.24, 2.45) is 11.8 Å². The van der Waals surface area contributed by atoms with Crippen molar-refractivity contribution >= 4 is 17.0 Å². The average molecular weight is 522 g/mol. The SMILES string of the molecule is C1CC2CCCC(C1)C2.O=C(O)CN1CCN(Cc2nc3ccccc3n2C2CC3CCCC(C2)N3)CC1. The van der Waals surface area contributed by atoms with Crippen LogP contribution in [0.5, 0.6) is 0 Å². The smallest absolute Gasteiger partial charge is 0.317 e. The summed E-state index contributed by atoms with van der Waals surface area (Å²) in [6.45, 7) is 4.40. The summed E-state index contributed by atoms with van der Waals surface area (Å²) in [5.74, 6) is 2.73. The number of aromatic nitrogens is 2. The molecule has 3 saturated heterocycles. The van der Waals surface area contributed by atoms with Crippen molar-refractivity contribution in [3.05, 3.63) is 30.1 Å². The maximum absolute atomic E-state index is 11.0. The third-order valence-electron chi connectivity index (χ3n) is 10.0. The molecular formula is C31H47N5O2. The summed E-state index contributed by atoms with van der Waals surface area (Å²) < 4.78 is 2.53. The lowest BCUT2D eigenvalue weighted by Crippen LogP contribution is -2.49. The summed E-state index contributed by atoms with van der Waals surface area (Å²) >= 11 is 0. The van der Waals surface area contributed by atoms with Gasteiger partial charge in [0.05, 0.1) is 24.1 Å². The van der Waals surface area contributed by atoms with Gasteiger partial charge in [0.15, 0.2) is 0 Å². The van der Waals surface area contributed by atoms with Crippen molar-refractivity contribution in [3.63, 3.8) is 0 Å². The number of piperidine rings is 2. The Bertz CT molecular complexity index is 1050. The van der Waals surface area contributed by atoms with Crippen LogP contribution in [0.2, 0.25) is 0 Å². The van der Waals surface area contributed by atoms with E-state index < -0.39 is 5.97 Å². The molecule has 7 rings (SSSR count). The lowest BCUT2D eigenvalue weighted by atomic mass is 9.72. The number of benzene rings is 1. The molecule has 2 aliphatic carbocycles. The van der Waals surface area contributed by atoms with Crippen LogP contribution in [0.1, 0.15) is 88.9 Å². The van der Waals surface area contributed by atoms with Gasteiger partial charge in [-0.3, -0.25) is 14.6 Å². The minimum absolute atomic E-state index is 0.143. The number of carboxylic acids is 1. The molecule has 4 bridgehead atoms. The largest absolute Gasteiger partial charge is 0.480 e. The summed E-state index contributed by atoms with van der Waals surface area (Å²) in [4.78, 5) is 20.5. The Morgan fingerprint density at radius 1 is 0.842 bits per heavy atom. The van der Waals surface area contributed by atoms with Crippen LogP contribution < -0.4 is 5.32 Å². The number of rotatable bonds is 5. The fraction of sp³-hybridized carbons (Fsp3) is 0.742. The highest BCUT2D eigenvalue weighted by molar-refractivity contribution is 5.76. The number of nitrogens with one attached hydrogen (secondary N) is 1. The van der Waals surface area contributed by atoms with Crippen LogP contribution in [0.25, 0.3) is 11.0 Å². The predicted molar refractivity (Wildman–Crippen MR) is 151 cm³/mol. The molecule has 208 valence electrons. The summed E-state index contributed by atoms with van der Waals surface area (Å²) in [6.07, 6.45) is 17.2. The fourth-order valence-corrected chi connectivity index (χ4v) is 8.18. The molecule has 2 saturated carbocycles. The van der Waals surface area contributed by atoms with E-state index >= 15 is 0 Å². The second-order valence-corrected chi connectivity index (χ2v) is 12.8. The molecule has 7 nitrogen and oxygen atoms in total. The maximum atomic E-state index is 11.0. The molecule has 38 heavy (non-hydrogen) atoms. The molecule has 7 heteroatoms. The molecule has 1 aromatic heterocycles. The van der Waals surface area contributed by atoms with Gasteiger partial charge in [-0.15, -0.1) is 0 Å². The van der Waals surface area contributed by atoms with Crippen LogP contribution in [-0.2, 0) is 11.3 Å². The van der Waals surface area contributed by atoms with Gasteiger partial charge in [0.1, 0.15) is 5.82 Å². The van der Waals surface area contributed by atoms with Crippen LogP contribution in [0, 0.1) is 11.8 Å². The first-order valence-corrected chi connectivity index (χ1v) is 15.5. The number of carboxylic acid groups (broad SMARTS) is 1. The van der Waals surface area contributed by atoms with Crippen molar-refractivity contribution in [3.8, 4) is 0 Å². The van der Waals surface area contributed by atoms with E-state index in [4.69, 9.17) is 10.1 Å². The van der Waals surface area contributed by atoms with Gasteiger partial charge in [-0.05, 0) is 56.1 Å². The number of fused-ring (bicyclic) bond motifs is 5. The van der Waals surface area contributed by atoms with E-state index in [1.165, 1.54) is 56.3 Å². The number of imidazole rings is 1. The predicted octanol–water partition coefficient (Wildman–Crippen LogP) is 5.06. The van der Waals surface area contributed by atoms with E-state index in [1.54, 1.807) is 32.1 Å². The maximum Gasteiger partial charge on any atom is 0.317 e. The minimum atomic E-state index is -0.739. The van der Waals surface area contributed by atoms with Crippen molar-refractivity contribution in [1.82, 2.24) is 24.7 Å². The van der Waals surface area contributed by atoms with Crippen molar-refractivity contribution in [2.75, 3.05) is 32.7 Å². The third-order valence-corrected chi connectivity index (χ3v) is 10.0. The van der Waals surface area contributed by atoms with Gasteiger partial charge in [-0.25, -0.2) is 4.98 Å². The lowest BCUT2D eigenvalue weighted by Gasteiger charge is -2.41. The fourth-order valence-electron chi connectivity index (χ4n) is 8.18. The van der Waals surface area contributed by atoms with Gasteiger partial charge >= 0.3 is 5.97 Å². The monoisotopic (exact) mass is 521 g/mol. The van der Waals surface area contributed by atoms with E-state index in [-0.39, 0.29) is 6.54 Å². The first-order chi connectivity index (χ1) is 18.6. The number of hydrogen-bond donors (Lipinski definition) is 2. The number of aliphatic carboxylic acids is 1. The van der Waals surface area contributed by atoms with Crippen LogP contribution in [0.3, 0.4) is 0 Å². The van der Waals surface area contributed by atoms with E-state index in [1.807, 2.05) is 4.90 Å². The van der Waals surface area contributed by atoms with Gasteiger partial charge in [0.2, 0.25) is 0 Å². The quantitative estimate of drug-likeness (QED) is 0.573. The number of nitrogens with zero attached hydrogens (tertiary/aromatic N) is 4. The molecule has 2 unspecified atom stereocenters. The zero-order valence-corrected chi connectivity index (χ0v) is 23.1. The Hall–Kier alpha value is -1.96. The Balaban J connectivity index is 0.000000246. The first kappa shape index (κ1) is 26.3. The standard InChI is InChI=1S/C22H31N5O2.C9H16/c28-22(29)15-26-10-8-25(9-11-26)14-21-24-19-6-1-2-7-20(19)27(21)18-12-16-4-3-5-17(13-18)23-16;1-3-8-5-2-6-9(4-1)7-8/h1-2,6-7,16-18,23H,3-5,8-15H2,(H,28,29);8-9H,1-7H2. The third kappa shape index (κ3) is 6.26. The van der Waals surface area contributed by atoms with Gasteiger partial charge < -0.3 is 15.0 Å². The molecule has 0 amide bonds. The van der Waals surface area contributed by atoms with E-state index in [0.29, 0.717) is 18.1 Å². The van der Waals surface area contributed by atoms with Crippen LogP contribution in [0.4, 0.5) is 0 Å². The molecule has 5 fully saturated rings. The summed E-state index contributed by atoms with van der Waals surface area (Å²) in [7, 11) is 0. The second kappa shape index (κ2) is 12.1. The van der Waals surface area contributed by atoms with Crippen molar-refractivity contribution in [2.45, 2.75) is 102 Å². The molecule has 1 aromatic carbocycles.